The predicted molar refractivity (Wildman–Crippen MR) is 144 cm³/mol. The number of aliphatic hydroxyl groups is 3. The lowest BCUT2D eigenvalue weighted by molar-refractivity contribution is -0.0269. The molecule has 0 unspecified atom stereocenters. The minimum Gasteiger partial charge on any atom is -0.394 e. The van der Waals surface area contributed by atoms with Crippen molar-refractivity contribution in [2.45, 2.75) is 30.1 Å². The first kappa shape index (κ1) is 25.0. The molecule has 4 atom stereocenters. The van der Waals surface area contributed by atoms with Crippen LogP contribution in [0, 0.1) is 0 Å². The summed E-state index contributed by atoms with van der Waals surface area (Å²) in [4.78, 5) is 29.4. The van der Waals surface area contributed by atoms with E-state index in [1.54, 1.807) is 4.90 Å². The van der Waals surface area contributed by atoms with Crippen LogP contribution in [-0.4, -0.2) is 66.4 Å². The van der Waals surface area contributed by atoms with E-state index >= 15 is 0 Å². The molecule has 10 heteroatoms. The lowest BCUT2D eigenvalue weighted by Crippen LogP contribution is -2.58. The third kappa shape index (κ3) is 4.01. The normalized spacial score (nSPS) is 21.3. The molecular formula is C29H27N5O5. The van der Waals surface area contributed by atoms with Gasteiger partial charge in [-0.05, 0) is 16.7 Å². The second-order valence-corrected chi connectivity index (χ2v) is 9.40. The molecule has 1 saturated heterocycles. The number of aromatic nitrogens is 4. The Balaban J connectivity index is 1.75. The summed E-state index contributed by atoms with van der Waals surface area (Å²) in [5.74, 6) is 0.0611. The molecule has 3 aromatic carbocycles. The minimum absolute atomic E-state index is 0.0611. The molecule has 6 rings (SSSR count). The van der Waals surface area contributed by atoms with Gasteiger partial charge in [-0.2, -0.15) is 4.98 Å². The molecule has 0 saturated carbocycles. The van der Waals surface area contributed by atoms with Crippen LogP contribution in [0.3, 0.4) is 0 Å². The maximum absolute atomic E-state index is 13.2. The van der Waals surface area contributed by atoms with E-state index in [1.165, 1.54) is 6.33 Å². The summed E-state index contributed by atoms with van der Waals surface area (Å²) in [6.45, 7) is -0.514. The van der Waals surface area contributed by atoms with Gasteiger partial charge < -0.3 is 25.0 Å². The summed E-state index contributed by atoms with van der Waals surface area (Å²) in [6, 6.07) is 28.8. The SMILES string of the molecule is O=c1[nH]c(N([C@@H]2O[C@H](CO)[C@@H](O)[C@H]2O)C(c2ccccc2)(c2ccccc2)c2ccccc2)nc2nc[nH]c12. The number of H-pyrrole nitrogens is 2. The number of nitrogens with zero attached hydrogens (tertiary/aromatic N) is 3. The van der Waals surface area contributed by atoms with Gasteiger partial charge in [0, 0.05) is 0 Å². The van der Waals surface area contributed by atoms with Crippen LogP contribution in [0.2, 0.25) is 0 Å². The molecule has 198 valence electrons. The number of fused-ring (bicyclic) bond motifs is 1. The molecule has 0 spiro atoms. The van der Waals surface area contributed by atoms with Gasteiger partial charge in [0.1, 0.15) is 23.9 Å². The summed E-state index contributed by atoms with van der Waals surface area (Å²) in [5.41, 5.74) is 1.02. The van der Waals surface area contributed by atoms with Gasteiger partial charge in [-0.25, -0.2) is 4.98 Å². The van der Waals surface area contributed by atoms with Crippen LogP contribution in [-0.2, 0) is 10.3 Å². The largest absolute Gasteiger partial charge is 0.394 e. The van der Waals surface area contributed by atoms with Crippen molar-refractivity contribution in [2.75, 3.05) is 11.5 Å². The number of aliphatic hydroxyl groups excluding tert-OH is 3. The predicted octanol–water partition coefficient (Wildman–Crippen LogP) is 1.88. The van der Waals surface area contributed by atoms with E-state index < -0.39 is 42.2 Å². The number of benzene rings is 3. The summed E-state index contributed by atoms with van der Waals surface area (Å²) < 4.78 is 6.14. The smallest absolute Gasteiger partial charge is 0.278 e. The van der Waals surface area contributed by atoms with E-state index in [1.807, 2.05) is 91.0 Å². The van der Waals surface area contributed by atoms with Crippen molar-refractivity contribution >= 4 is 17.1 Å². The topological polar surface area (TPSA) is 148 Å². The van der Waals surface area contributed by atoms with Gasteiger partial charge in [0.15, 0.2) is 17.4 Å². The highest BCUT2D eigenvalue weighted by molar-refractivity contribution is 5.71. The highest BCUT2D eigenvalue weighted by Gasteiger charge is 2.54. The van der Waals surface area contributed by atoms with Gasteiger partial charge in [0.2, 0.25) is 5.95 Å². The molecule has 5 aromatic rings. The zero-order chi connectivity index (χ0) is 27.0. The van der Waals surface area contributed by atoms with E-state index in [4.69, 9.17) is 4.74 Å². The molecule has 0 radical (unpaired) electrons. The molecule has 5 N–H and O–H groups in total. The van der Waals surface area contributed by atoms with Crippen LogP contribution >= 0.6 is 0 Å². The van der Waals surface area contributed by atoms with E-state index in [0.29, 0.717) is 0 Å². The fourth-order valence-electron chi connectivity index (χ4n) is 5.46. The number of rotatable bonds is 7. The highest BCUT2D eigenvalue weighted by atomic mass is 16.6. The Kier molecular flexibility index (Phi) is 6.45. The van der Waals surface area contributed by atoms with Crippen molar-refractivity contribution in [3.8, 4) is 0 Å². The number of hydrogen-bond acceptors (Lipinski definition) is 8. The number of anilines is 1. The standard InChI is InChI=1S/C29H27N5O5/c35-16-21-23(36)24(37)27(39-21)34(28-32-25-22(26(38)33-28)30-17-31-25)29(18-10-4-1-5-11-18,19-12-6-2-7-13-19)20-14-8-3-9-15-20/h1-15,17,21,23-24,27,35-37H,16H2,(H2,30,31,32,33,38)/t21-,23-,24-,27-/m1/s1. The summed E-state index contributed by atoms with van der Waals surface area (Å²) >= 11 is 0. The number of imidazole rings is 1. The average Bonchev–Trinajstić information content (AvgIpc) is 3.57. The number of ether oxygens (including phenoxy) is 1. The first-order chi connectivity index (χ1) is 19.1. The van der Waals surface area contributed by atoms with Crippen LogP contribution in [0.1, 0.15) is 16.7 Å². The number of nitrogens with one attached hydrogen (secondary N) is 2. The zero-order valence-electron chi connectivity index (χ0n) is 20.8. The molecule has 10 nitrogen and oxygen atoms in total. The Bertz CT molecular complexity index is 1510. The quantitative estimate of drug-likeness (QED) is 0.202. The molecular weight excluding hydrogens is 498 g/mol. The van der Waals surface area contributed by atoms with Crippen molar-refractivity contribution in [1.29, 1.82) is 0 Å². The Morgan fingerprint density at radius 1 is 0.846 bits per heavy atom. The van der Waals surface area contributed by atoms with Gasteiger partial charge >= 0.3 is 0 Å². The lowest BCUT2D eigenvalue weighted by atomic mass is 9.75. The van der Waals surface area contributed by atoms with Crippen molar-refractivity contribution < 1.29 is 20.1 Å². The Morgan fingerprint density at radius 3 is 1.87 bits per heavy atom. The first-order valence-electron chi connectivity index (χ1n) is 12.6. The fraction of sp³-hybridized carbons (Fsp3) is 0.207. The van der Waals surface area contributed by atoms with E-state index in [-0.39, 0.29) is 17.1 Å². The van der Waals surface area contributed by atoms with E-state index in [0.717, 1.165) is 16.7 Å². The summed E-state index contributed by atoms with van der Waals surface area (Å²) in [5, 5.41) is 32.1. The molecule has 0 bridgehead atoms. The fourth-order valence-corrected chi connectivity index (χ4v) is 5.46. The van der Waals surface area contributed by atoms with Crippen molar-refractivity contribution in [1.82, 2.24) is 19.9 Å². The molecule has 0 aliphatic carbocycles. The first-order valence-corrected chi connectivity index (χ1v) is 12.6. The maximum Gasteiger partial charge on any atom is 0.278 e. The van der Waals surface area contributed by atoms with E-state index in [2.05, 4.69) is 19.9 Å². The Hall–Kier alpha value is -4.35. The lowest BCUT2D eigenvalue weighted by Gasteiger charge is -2.48. The molecule has 0 amide bonds. The molecule has 3 heterocycles. The van der Waals surface area contributed by atoms with Gasteiger partial charge in [-0.3, -0.25) is 14.7 Å². The molecule has 2 aromatic heterocycles. The summed E-state index contributed by atoms with van der Waals surface area (Å²) in [6.07, 6.45) is -3.77. The van der Waals surface area contributed by atoms with Crippen LogP contribution in [0.25, 0.3) is 11.2 Å². The van der Waals surface area contributed by atoms with Crippen molar-refractivity contribution in [2.24, 2.45) is 0 Å². The zero-order valence-corrected chi connectivity index (χ0v) is 20.8. The van der Waals surface area contributed by atoms with Crippen LogP contribution in [0.4, 0.5) is 5.95 Å². The summed E-state index contributed by atoms with van der Waals surface area (Å²) in [7, 11) is 0. The molecule has 39 heavy (non-hydrogen) atoms. The number of hydrogen-bond donors (Lipinski definition) is 5. The van der Waals surface area contributed by atoms with E-state index in [9.17, 15) is 20.1 Å². The van der Waals surface area contributed by atoms with Crippen molar-refractivity contribution in [3.63, 3.8) is 0 Å². The van der Waals surface area contributed by atoms with Crippen LogP contribution in [0.5, 0.6) is 0 Å². The number of aromatic amines is 2. The molecule has 1 fully saturated rings. The second kappa shape index (κ2) is 10.1. The Labute approximate surface area is 223 Å². The van der Waals surface area contributed by atoms with Crippen molar-refractivity contribution in [3.05, 3.63) is 124 Å². The minimum atomic E-state index is -1.46. The second-order valence-electron chi connectivity index (χ2n) is 9.40. The van der Waals surface area contributed by atoms with Crippen LogP contribution < -0.4 is 10.5 Å². The molecule has 1 aliphatic rings. The third-order valence-corrected chi connectivity index (χ3v) is 7.22. The third-order valence-electron chi connectivity index (χ3n) is 7.22. The van der Waals surface area contributed by atoms with Gasteiger partial charge in [0.05, 0.1) is 12.9 Å². The maximum atomic E-state index is 13.2. The average molecular weight is 526 g/mol. The Morgan fingerprint density at radius 2 is 1.38 bits per heavy atom. The van der Waals surface area contributed by atoms with Crippen LogP contribution in [0.15, 0.2) is 102 Å². The van der Waals surface area contributed by atoms with Gasteiger partial charge in [0.25, 0.3) is 5.56 Å². The molecule has 1 aliphatic heterocycles. The van der Waals surface area contributed by atoms with Gasteiger partial charge in [-0.1, -0.05) is 91.0 Å². The monoisotopic (exact) mass is 525 g/mol. The highest BCUT2D eigenvalue weighted by Crippen LogP contribution is 2.47. The van der Waals surface area contributed by atoms with Gasteiger partial charge in [-0.15, -0.1) is 0 Å².